The van der Waals surface area contributed by atoms with Gasteiger partial charge in [-0.15, -0.1) is 11.3 Å². The van der Waals surface area contributed by atoms with Gasteiger partial charge in [-0.3, -0.25) is 0 Å². The summed E-state index contributed by atoms with van der Waals surface area (Å²) >= 11 is 4.96. The van der Waals surface area contributed by atoms with Gasteiger partial charge in [0.1, 0.15) is 5.76 Å². The Balaban J connectivity index is 2.28. The first-order valence-electron chi connectivity index (χ1n) is 4.24. The maximum Gasteiger partial charge on any atom is 0.169 e. The normalized spacial score (nSPS) is 13.1. The van der Waals surface area contributed by atoms with Crippen molar-refractivity contribution in [3.05, 3.63) is 44.4 Å². The first-order chi connectivity index (χ1) is 6.66. The van der Waals surface area contributed by atoms with Crippen molar-refractivity contribution >= 4 is 27.3 Å². The molecule has 2 nitrogen and oxygen atoms in total. The van der Waals surface area contributed by atoms with Crippen molar-refractivity contribution in [2.24, 2.45) is 5.73 Å². The minimum atomic E-state index is -0.153. The van der Waals surface area contributed by atoms with Crippen molar-refractivity contribution < 1.29 is 4.42 Å². The molecule has 0 aromatic carbocycles. The average Bonchev–Trinajstić information content (AvgIpc) is 2.73. The van der Waals surface area contributed by atoms with E-state index in [1.807, 2.05) is 18.2 Å². The van der Waals surface area contributed by atoms with Gasteiger partial charge in [0.2, 0.25) is 0 Å². The van der Waals surface area contributed by atoms with Crippen molar-refractivity contribution in [3.63, 3.8) is 0 Å². The van der Waals surface area contributed by atoms with Crippen molar-refractivity contribution in [2.45, 2.75) is 13.0 Å². The van der Waals surface area contributed by atoms with Crippen LogP contribution in [0.15, 0.2) is 33.4 Å². The standard InChI is InChI=1S/C10H10BrNOS/c1-6-2-4-8(14-6)10(12)7-3-5-9(11)13-7/h2-5,10H,12H2,1H3. The highest BCUT2D eigenvalue weighted by Gasteiger charge is 2.14. The number of halogens is 1. The van der Waals surface area contributed by atoms with E-state index >= 15 is 0 Å². The molecule has 0 aliphatic carbocycles. The third-order valence-corrected chi connectivity index (χ3v) is 3.48. The second-order valence-electron chi connectivity index (χ2n) is 3.07. The molecular formula is C10H10BrNOS. The molecule has 2 aromatic heterocycles. The van der Waals surface area contributed by atoms with Gasteiger partial charge in [0.15, 0.2) is 4.67 Å². The van der Waals surface area contributed by atoms with Crippen molar-refractivity contribution in [3.8, 4) is 0 Å². The molecule has 74 valence electrons. The smallest absolute Gasteiger partial charge is 0.169 e. The van der Waals surface area contributed by atoms with E-state index in [1.165, 1.54) is 4.88 Å². The van der Waals surface area contributed by atoms with Gasteiger partial charge < -0.3 is 10.2 Å². The van der Waals surface area contributed by atoms with E-state index in [4.69, 9.17) is 10.2 Å². The number of furan rings is 1. The number of aryl methyl sites for hydroxylation is 1. The predicted octanol–water partition coefficient (Wildman–Crippen LogP) is 3.46. The third kappa shape index (κ3) is 1.92. The Morgan fingerprint density at radius 1 is 1.36 bits per heavy atom. The molecule has 4 heteroatoms. The fraction of sp³-hybridized carbons (Fsp3) is 0.200. The fourth-order valence-electron chi connectivity index (χ4n) is 1.26. The Labute approximate surface area is 94.9 Å². The van der Waals surface area contributed by atoms with Crippen molar-refractivity contribution in [2.75, 3.05) is 0 Å². The van der Waals surface area contributed by atoms with E-state index in [9.17, 15) is 0 Å². The molecule has 0 spiro atoms. The van der Waals surface area contributed by atoms with Crippen LogP contribution in [0.3, 0.4) is 0 Å². The number of rotatable bonds is 2. The Hall–Kier alpha value is -0.580. The zero-order chi connectivity index (χ0) is 10.1. The largest absolute Gasteiger partial charge is 0.452 e. The molecule has 2 heterocycles. The summed E-state index contributed by atoms with van der Waals surface area (Å²) in [5.41, 5.74) is 6.04. The molecule has 2 N–H and O–H groups in total. The van der Waals surface area contributed by atoms with Crippen LogP contribution in [0.5, 0.6) is 0 Å². The number of thiophene rings is 1. The van der Waals surface area contributed by atoms with Gasteiger partial charge in [-0.2, -0.15) is 0 Å². The molecule has 14 heavy (non-hydrogen) atoms. The molecule has 0 aliphatic rings. The van der Waals surface area contributed by atoms with Gasteiger partial charge in [0.25, 0.3) is 0 Å². The van der Waals surface area contributed by atoms with Gasteiger partial charge in [-0.05, 0) is 47.1 Å². The molecule has 0 saturated carbocycles. The molecule has 0 bridgehead atoms. The van der Waals surface area contributed by atoms with Crippen molar-refractivity contribution in [1.82, 2.24) is 0 Å². The first kappa shape index (κ1) is 9.96. The van der Waals surface area contributed by atoms with Crippen LogP contribution in [0.1, 0.15) is 21.6 Å². The number of hydrogen-bond donors (Lipinski definition) is 1. The van der Waals surface area contributed by atoms with Crippen LogP contribution >= 0.6 is 27.3 Å². The Morgan fingerprint density at radius 2 is 2.14 bits per heavy atom. The van der Waals surface area contributed by atoms with Gasteiger partial charge >= 0.3 is 0 Å². The minimum Gasteiger partial charge on any atom is -0.452 e. The monoisotopic (exact) mass is 271 g/mol. The van der Waals surface area contributed by atoms with Gasteiger partial charge in [0, 0.05) is 9.75 Å². The lowest BCUT2D eigenvalue weighted by Gasteiger charge is -2.04. The zero-order valence-electron chi connectivity index (χ0n) is 7.66. The number of hydrogen-bond acceptors (Lipinski definition) is 3. The van der Waals surface area contributed by atoms with E-state index < -0.39 is 0 Å². The average molecular weight is 272 g/mol. The third-order valence-electron chi connectivity index (χ3n) is 1.97. The fourth-order valence-corrected chi connectivity index (χ4v) is 2.46. The van der Waals surface area contributed by atoms with Gasteiger partial charge in [-0.25, -0.2) is 0 Å². The quantitative estimate of drug-likeness (QED) is 0.909. The molecule has 0 saturated heterocycles. The van der Waals surface area contributed by atoms with E-state index in [-0.39, 0.29) is 6.04 Å². The Kier molecular flexibility index (Phi) is 2.76. The summed E-state index contributed by atoms with van der Waals surface area (Å²) in [6.07, 6.45) is 0. The molecule has 1 atom stereocenters. The van der Waals surface area contributed by atoms with Crippen LogP contribution in [0.4, 0.5) is 0 Å². The summed E-state index contributed by atoms with van der Waals surface area (Å²) in [5.74, 6) is 0.790. The highest BCUT2D eigenvalue weighted by Crippen LogP contribution is 2.28. The molecule has 0 fully saturated rings. The summed E-state index contributed by atoms with van der Waals surface area (Å²) in [4.78, 5) is 2.39. The van der Waals surface area contributed by atoms with Crippen LogP contribution < -0.4 is 5.73 Å². The molecule has 0 aliphatic heterocycles. The summed E-state index contributed by atoms with van der Waals surface area (Å²) < 4.78 is 6.13. The van der Waals surface area contributed by atoms with E-state index in [1.54, 1.807) is 11.3 Å². The summed E-state index contributed by atoms with van der Waals surface area (Å²) in [6.45, 7) is 2.07. The second kappa shape index (κ2) is 3.88. The van der Waals surface area contributed by atoms with Crippen LogP contribution in [0.2, 0.25) is 0 Å². The Morgan fingerprint density at radius 3 is 2.64 bits per heavy atom. The molecule has 1 unspecified atom stereocenters. The van der Waals surface area contributed by atoms with E-state index in [0.717, 1.165) is 15.3 Å². The lowest BCUT2D eigenvalue weighted by atomic mass is 10.2. The predicted molar refractivity (Wildman–Crippen MR) is 61.5 cm³/mol. The highest BCUT2D eigenvalue weighted by atomic mass is 79.9. The SMILES string of the molecule is Cc1ccc(C(N)c2ccc(Br)o2)s1. The van der Waals surface area contributed by atoms with Gasteiger partial charge in [0.05, 0.1) is 6.04 Å². The van der Waals surface area contributed by atoms with Gasteiger partial charge in [-0.1, -0.05) is 0 Å². The minimum absolute atomic E-state index is 0.153. The zero-order valence-corrected chi connectivity index (χ0v) is 10.1. The summed E-state index contributed by atoms with van der Waals surface area (Å²) in [6, 6.07) is 7.71. The number of nitrogens with two attached hydrogens (primary N) is 1. The lowest BCUT2D eigenvalue weighted by Crippen LogP contribution is -2.08. The summed E-state index contributed by atoms with van der Waals surface area (Å²) in [5, 5.41) is 0. The maximum atomic E-state index is 6.04. The highest BCUT2D eigenvalue weighted by molar-refractivity contribution is 9.10. The van der Waals surface area contributed by atoms with E-state index in [0.29, 0.717) is 0 Å². The first-order valence-corrected chi connectivity index (χ1v) is 5.85. The van der Waals surface area contributed by atoms with Crippen LogP contribution in [0.25, 0.3) is 0 Å². The van der Waals surface area contributed by atoms with Crippen LogP contribution in [0, 0.1) is 6.92 Å². The lowest BCUT2D eigenvalue weighted by molar-refractivity contribution is 0.472. The Bertz CT molecular complexity index is 395. The molecule has 2 rings (SSSR count). The maximum absolute atomic E-state index is 6.04. The van der Waals surface area contributed by atoms with Crippen LogP contribution in [-0.2, 0) is 0 Å². The topological polar surface area (TPSA) is 39.2 Å². The van der Waals surface area contributed by atoms with Crippen LogP contribution in [-0.4, -0.2) is 0 Å². The summed E-state index contributed by atoms with van der Waals surface area (Å²) in [7, 11) is 0. The molecular weight excluding hydrogens is 262 g/mol. The van der Waals surface area contributed by atoms with Crippen molar-refractivity contribution in [1.29, 1.82) is 0 Å². The molecule has 0 radical (unpaired) electrons. The second-order valence-corrected chi connectivity index (χ2v) is 5.17. The molecule has 2 aromatic rings. The van der Waals surface area contributed by atoms with E-state index in [2.05, 4.69) is 28.9 Å². The molecule has 0 amide bonds.